The number of esters is 1. The van der Waals surface area contributed by atoms with Crippen LogP contribution >= 0.6 is 0 Å². The first-order valence-electron chi connectivity index (χ1n) is 7.05. The van der Waals surface area contributed by atoms with Crippen LogP contribution in [0.25, 0.3) is 0 Å². The van der Waals surface area contributed by atoms with Crippen molar-refractivity contribution in [3.8, 4) is 0 Å². The molecule has 1 aliphatic carbocycles. The average Bonchev–Trinajstić information content (AvgIpc) is 2.27. The maximum Gasteiger partial charge on any atom is 0.321 e. The molecule has 112 valence electrons. The third kappa shape index (κ3) is 5.10. The molecular formula is C13H25NO4S. The highest BCUT2D eigenvalue weighted by Gasteiger charge is 2.34. The largest absolute Gasteiger partial charge is 0.465 e. The summed E-state index contributed by atoms with van der Waals surface area (Å²) >= 11 is 0. The Morgan fingerprint density at radius 1 is 1.21 bits per heavy atom. The predicted octanol–water partition coefficient (Wildman–Crippen LogP) is 1.28. The molecule has 0 saturated heterocycles. The summed E-state index contributed by atoms with van der Waals surface area (Å²) in [7, 11) is -1.65. The number of nitrogens with one attached hydrogen (secondary N) is 1. The highest BCUT2D eigenvalue weighted by Crippen LogP contribution is 2.23. The molecule has 0 spiro atoms. The first-order valence-corrected chi connectivity index (χ1v) is 8.77. The van der Waals surface area contributed by atoms with Gasteiger partial charge in [0.2, 0.25) is 0 Å². The molecule has 6 heteroatoms. The van der Waals surface area contributed by atoms with Crippen LogP contribution in [0.1, 0.15) is 45.4 Å². The van der Waals surface area contributed by atoms with Crippen molar-refractivity contribution in [2.45, 2.75) is 56.7 Å². The second kappa shape index (κ2) is 7.85. The van der Waals surface area contributed by atoms with Crippen LogP contribution in [0.5, 0.6) is 0 Å². The molecule has 0 heterocycles. The molecule has 2 unspecified atom stereocenters. The molecule has 0 radical (unpaired) electrons. The first kappa shape index (κ1) is 16.4. The van der Waals surface area contributed by atoms with Gasteiger partial charge < -0.3 is 10.1 Å². The van der Waals surface area contributed by atoms with Gasteiger partial charge in [0.25, 0.3) is 0 Å². The third-order valence-corrected chi connectivity index (χ3v) is 5.78. The number of sulfone groups is 1. The zero-order chi connectivity index (χ0) is 14.3. The van der Waals surface area contributed by atoms with Gasteiger partial charge in [-0.2, -0.15) is 0 Å². The summed E-state index contributed by atoms with van der Waals surface area (Å²) in [5, 5.41) is 2.63. The van der Waals surface area contributed by atoms with Crippen LogP contribution in [0.2, 0.25) is 0 Å². The van der Waals surface area contributed by atoms with Gasteiger partial charge in [-0.1, -0.05) is 25.7 Å². The molecule has 0 aromatic carbocycles. The Bertz CT molecular complexity index is 380. The smallest absolute Gasteiger partial charge is 0.321 e. The van der Waals surface area contributed by atoms with Crippen molar-refractivity contribution in [3.05, 3.63) is 0 Å². The number of rotatable bonds is 5. The Labute approximate surface area is 116 Å². The van der Waals surface area contributed by atoms with Gasteiger partial charge in [-0.15, -0.1) is 0 Å². The molecule has 0 aromatic rings. The third-order valence-electron chi connectivity index (χ3n) is 3.66. The molecule has 0 aliphatic heterocycles. The van der Waals surface area contributed by atoms with Crippen LogP contribution in [0, 0.1) is 0 Å². The van der Waals surface area contributed by atoms with E-state index < -0.39 is 26.8 Å². The van der Waals surface area contributed by atoms with Crippen molar-refractivity contribution in [3.63, 3.8) is 0 Å². The van der Waals surface area contributed by atoms with E-state index in [0.717, 1.165) is 32.1 Å². The maximum atomic E-state index is 12.4. The number of carbonyl (C=O) groups is 1. The van der Waals surface area contributed by atoms with Crippen molar-refractivity contribution in [2.75, 3.05) is 19.4 Å². The van der Waals surface area contributed by atoms with E-state index in [4.69, 9.17) is 4.74 Å². The molecule has 1 fully saturated rings. The fraction of sp³-hybridized carbons (Fsp3) is 0.923. The normalized spacial score (nSPS) is 25.4. The van der Waals surface area contributed by atoms with Crippen LogP contribution in [-0.2, 0) is 19.4 Å². The van der Waals surface area contributed by atoms with Gasteiger partial charge in [0.15, 0.2) is 9.84 Å². The lowest BCUT2D eigenvalue weighted by Crippen LogP contribution is -2.45. The van der Waals surface area contributed by atoms with E-state index in [9.17, 15) is 13.2 Å². The van der Waals surface area contributed by atoms with Crippen LogP contribution in [0.4, 0.5) is 0 Å². The Kier molecular flexibility index (Phi) is 6.79. The SMILES string of the molecule is CCOC(=O)CS(=O)(=O)C1CCCCCCC1NC. The van der Waals surface area contributed by atoms with E-state index in [0.29, 0.717) is 6.42 Å². The molecule has 0 bridgehead atoms. The van der Waals surface area contributed by atoms with Gasteiger partial charge in [-0.05, 0) is 26.8 Å². The first-order chi connectivity index (χ1) is 9.01. The lowest BCUT2D eigenvalue weighted by molar-refractivity contribution is -0.139. The van der Waals surface area contributed by atoms with Crippen LogP contribution in [-0.4, -0.2) is 45.1 Å². The van der Waals surface area contributed by atoms with Crippen molar-refractivity contribution < 1.29 is 17.9 Å². The van der Waals surface area contributed by atoms with Crippen molar-refractivity contribution in [2.24, 2.45) is 0 Å². The second-order valence-corrected chi connectivity index (χ2v) is 7.26. The number of hydrogen-bond acceptors (Lipinski definition) is 5. The van der Waals surface area contributed by atoms with Crippen molar-refractivity contribution >= 4 is 15.8 Å². The van der Waals surface area contributed by atoms with Gasteiger partial charge in [0.1, 0.15) is 5.75 Å². The van der Waals surface area contributed by atoms with Crippen LogP contribution < -0.4 is 5.32 Å². The van der Waals surface area contributed by atoms with Gasteiger partial charge in [0.05, 0.1) is 11.9 Å². The molecule has 0 amide bonds. The average molecular weight is 291 g/mol. The molecule has 5 nitrogen and oxygen atoms in total. The molecule has 1 saturated carbocycles. The van der Waals surface area contributed by atoms with Crippen LogP contribution in [0.15, 0.2) is 0 Å². The minimum atomic E-state index is -3.44. The Morgan fingerprint density at radius 3 is 2.42 bits per heavy atom. The monoisotopic (exact) mass is 291 g/mol. The van der Waals surface area contributed by atoms with Crippen molar-refractivity contribution in [1.82, 2.24) is 5.32 Å². The lowest BCUT2D eigenvalue weighted by Gasteiger charge is -2.28. The molecular weight excluding hydrogens is 266 g/mol. The van der Waals surface area contributed by atoms with E-state index in [2.05, 4.69) is 5.32 Å². The van der Waals surface area contributed by atoms with Gasteiger partial charge >= 0.3 is 5.97 Å². The number of hydrogen-bond donors (Lipinski definition) is 1. The zero-order valence-electron chi connectivity index (χ0n) is 11.9. The lowest BCUT2D eigenvalue weighted by atomic mass is 9.96. The minimum Gasteiger partial charge on any atom is -0.465 e. The van der Waals surface area contributed by atoms with Gasteiger partial charge in [-0.3, -0.25) is 4.79 Å². The summed E-state index contributed by atoms with van der Waals surface area (Å²) in [6, 6.07) is -0.0558. The summed E-state index contributed by atoms with van der Waals surface area (Å²) in [6.07, 6.45) is 5.66. The highest BCUT2D eigenvalue weighted by molar-refractivity contribution is 7.92. The molecule has 1 rings (SSSR count). The Morgan fingerprint density at radius 2 is 1.84 bits per heavy atom. The van der Waals surface area contributed by atoms with E-state index >= 15 is 0 Å². The fourth-order valence-electron chi connectivity index (χ4n) is 2.68. The zero-order valence-corrected chi connectivity index (χ0v) is 12.7. The van der Waals surface area contributed by atoms with E-state index in [1.807, 2.05) is 0 Å². The molecule has 2 atom stereocenters. The van der Waals surface area contributed by atoms with Gasteiger partial charge in [-0.25, -0.2) is 8.42 Å². The molecule has 1 aliphatic rings. The van der Waals surface area contributed by atoms with E-state index in [1.54, 1.807) is 14.0 Å². The number of ether oxygens (including phenoxy) is 1. The molecule has 0 aromatic heterocycles. The Hall–Kier alpha value is -0.620. The van der Waals surface area contributed by atoms with E-state index in [-0.39, 0.29) is 12.6 Å². The summed E-state index contributed by atoms with van der Waals surface area (Å²) in [4.78, 5) is 11.4. The summed E-state index contributed by atoms with van der Waals surface area (Å²) in [5.41, 5.74) is 0. The predicted molar refractivity (Wildman–Crippen MR) is 74.8 cm³/mol. The Balaban J connectivity index is 2.78. The molecule has 19 heavy (non-hydrogen) atoms. The van der Waals surface area contributed by atoms with Crippen molar-refractivity contribution in [1.29, 1.82) is 0 Å². The maximum absolute atomic E-state index is 12.4. The fourth-order valence-corrected chi connectivity index (χ4v) is 4.61. The standard InChI is InChI=1S/C13H25NO4S/c1-3-18-13(15)10-19(16,17)12-9-7-5-4-6-8-11(12)14-2/h11-12,14H,3-10H2,1-2H3. The van der Waals surface area contributed by atoms with Crippen LogP contribution in [0.3, 0.4) is 0 Å². The number of carbonyl (C=O) groups excluding carboxylic acids is 1. The highest BCUT2D eigenvalue weighted by atomic mass is 32.2. The van der Waals surface area contributed by atoms with Gasteiger partial charge in [0, 0.05) is 6.04 Å². The summed E-state index contributed by atoms with van der Waals surface area (Å²) in [6.45, 7) is 1.89. The van der Waals surface area contributed by atoms with E-state index in [1.165, 1.54) is 0 Å². The minimum absolute atomic E-state index is 0.0558. The quantitative estimate of drug-likeness (QED) is 0.772. The second-order valence-electron chi connectivity index (χ2n) is 5.04. The summed E-state index contributed by atoms with van der Waals surface area (Å²) in [5.74, 6) is -1.14. The summed E-state index contributed by atoms with van der Waals surface area (Å²) < 4.78 is 29.5. The molecule has 1 N–H and O–H groups in total. The topological polar surface area (TPSA) is 72.5 Å².